The Morgan fingerprint density at radius 1 is 1.35 bits per heavy atom. The zero-order chi connectivity index (χ0) is 12.3. The van der Waals surface area contributed by atoms with Crippen molar-refractivity contribution in [2.45, 2.75) is 6.61 Å². The maximum Gasteiger partial charge on any atom is 0.492 e. The number of hydrogen-bond donors (Lipinski definition) is 2. The van der Waals surface area contributed by atoms with E-state index >= 15 is 0 Å². The number of benzene rings is 1. The number of aromatic nitrogens is 3. The van der Waals surface area contributed by atoms with Crippen LogP contribution in [0.1, 0.15) is 5.82 Å². The average molecular weight is 233 g/mol. The highest BCUT2D eigenvalue weighted by Crippen LogP contribution is 2.09. The third-order valence-corrected chi connectivity index (χ3v) is 2.36. The van der Waals surface area contributed by atoms with Crippen molar-refractivity contribution in [3.05, 3.63) is 36.4 Å². The molecular formula is C10H12BN3O3. The molecule has 6 nitrogen and oxygen atoms in total. The van der Waals surface area contributed by atoms with Crippen LogP contribution in [-0.4, -0.2) is 31.9 Å². The van der Waals surface area contributed by atoms with Crippen molar-refractivity contribution in [3.8, 4) is 5.75 Å². The Balaban J connectivity index is 2.11. The van der Waals surface area contributed by atoms with Gasteiger partial charge in [0.2, 0.25) is 0 Å². The summed E-state index contributed by atoms with van der Waals surface area (Å²) >= 11 is 0. The number of rotatable bonds is 4. The molecule has 0 unspecified atom stereocenters. The van der Waals surface area contributed by atoms with E-state index in [4.69, 9.17) is 14.8 Å². The van der Waals surface area contributed by atoms with Crippen LogP contribution in [0.2, 0.25) is 0 Å². The van der Waals surface area contributed by atoms with Crippen LogP contribution in [0.4, 0.5) is 0 Å². The zero-order valence-electron chi connectivity index (χ0n) is 9.32. The lowest BCUT2D eigenvalue weighted by molar-refractivity contribution is 0.290. The first kappa shape index (κ1) is 11.6. The molecule has 0 aliphatic carbocycles. The highest BCUT2D eigenvalue weighted by Gasteiger charge is 2.16. The summed E-state index contributed by atoms with van der Waals surface area (Å²) in [7, 11) is 0.212. The molecule has 1 heterocycles. The first-order valence-electron chi connectivity index (χ1n) is 5.09. The summed E-state index contributed by atoms with van der Waals surface area (Å²) in [5, 5.41) is 22.2. The molecule has 0 amide bonds. The summed E-state index contributed by atoms with van der Waals surface area (Å²) in [6.07, 6.45) is 1.44. The van der Waals surface area contributed by atoms with Crippen LogP contribution >= 0.6 is 0 Å². The topological polar surface area (TPSA) is 80.4 Å². The summed E-state index contributed by atoms with van der Waals surface area (Å²) in [6.45, 7) is 0.222. The van der Waals surface area contributed by atoms with Crippen LogP contribution in [0.5, 0.6) is 5.75 Å². The second-order valence-electron chi connectivity index (χ2n) is 3.50. The van der Waals surface area contributed by atoms with E-state index < -0.39 is 7.12 Å². The highest BCUT2D eigenvalue weighted by molar-refractivity contribution is 6.59. The Kier molecular flexibility index (Phi) is 3.41. The van der Waals surface area contributed by atoms with E-state index in [1.165, 1.54) is 6.33 Å². The Morgan fingerprint density at radius 3 is 2.76 bits per heavy atom. The number of ether oxygens (including phenoxy) is 1. The molecule has 2 rings (SSSR count). The number of para-hydroxylation sites is 1. The maximum absolute atomic E-state index is 9.16. The standard InChI is InChI=1S/C10H12BN3O3/c1-14-10(12-7-13-14)6-17-9-5-3-2-4-8(9)11(15)16/h2-5,7,15-16H,6H2,1H3. The Hall–Kier alpha value is -1.86. The maximum atomic E-state index is 9.16. The van der Waals surface area contributed by atoms with Crippen molar-refractivity contribution in [2.75, 3.05) is 0 Å². The molecule has 0 fully saturated rings. The van der Waals surface area contributed by atoms with Gasteiger partial charge in [0.1, 0.15) is 18.7 Å². The first-order chi connectivity index (χ1) is 8.18. The van der Waals surface area contributed by atoms with E-state index in [0.717, 1.165) is 0 Å². The van der Waals surface area contributed by atoms with Crippen molar-refractivity contribution in [2.24, 2.45) is 7.05 Å². The molecule has 0 spiro atoms. The average Bonchev–Trinajstić information content (AvgIpc) is 2.72. The molecule has 0 bridgehead atoms. The smallest absolute Gasteiger partial charge is 0.486 e. The van der Waals surface area contributed by atoms with Gasteiger partial charge < -0.3 is 14.8 Å². The van der Waals surface area contributed by atoms with Crippen molar-refractivity contribution in [1.29, 1.82) is 0 Å². The Morgan fingerprint density at radius 2 is 2.12 bits per heavy atom. The first-order valence-corrected chi connectivity index (χ1v) is 5.09. The second-order valence-corrected chi connectivity index (χ2v) is 3.50. The lowest BCUT2D eigenvalue weighted by Crippen LogP contribution is -2.31. The van der Waals surface area contributed by atoms with Gasteiger partial charge >= 0.3 is 7.12 Å². The molecule has 0 aliphatic heterocycles. The lowest BCUT2D eigenvalue weighted by atomic mass is 9.79. The predicted molar refractivity (Wildman–Crippen MR) is 61.6 cm³/mol. The van der Waals surface area contributed by atoms with Gasteiger partial charge in [-0.3, -0.25) is 4.68 Å². The summed E-state index contributed by atoms with van der Waals surface area (Å²) < 4.78 is 7.08. The lowest BCUT2D eigenvalue weighted by Gasteiger charge is -2.10. The SMILES string of the molecule is Cn1ncnc1COc1ccccc1B(O)O. The molecule has 1 aromatic heterocycles. The van der Waals surface area contributed by atoms with Crippen LogP contribution in [0, 0.1) is 0 Å². The normalized spacial score (nSPS) is 10.3. The second kappa shape index (κ2) is 4.98. The molecule has 88 valence electrons. The van der Waals surface area contributed by atoms with Gasteiger partial charge in [-0.2, -0.15) is 5.10 Å². The third kappa shape index (κ3) is 2.63. The van der Waals surface area contributed by atoms with Crippen molar-refractivity contribution >= 4 is 12.6 Å². The minimum absolute atomic E-state index is 0.222. The molecule has 2 aromatic rings. The van der Waals surface area contributed by atoms with Crippen LogP contribution in [-0.2, 0) is 13.7 Å². The molecule has 0 atom stereocenters. The summed E-state index contributed by atoms with van der Waals surface area (Å²) in [6, 6.07) is 6.74. The highest BCUT2D eigenvalue weighted by atomic mass is 16.5. The Labute approximate surface area is 98.6 Å². The van der Waals surface area contributed by atoms with Crippen LogP contribution in [0.25, 0.3) is 0 Å². The van der Waals surface area contributed by atoms with Gasteiger partial charge in [-0.25, -0.2) is 4.98 Å². The molecule has 0 aliphatic rings. The van der Waals surface area contributed by atoms with E-state index in [9.17, 15) is 0 Å². The van der Waals surface area contributed by atoms with Gasteiger partial charge in [0.25, 0.3) is 0 Å². The molecule has 0 radical (unpaired) electrons. The third-order valence-electron chi connectivity index (χ3n) is 2.36. The fourth-order valence-electron chi connectivity index (χ4n) is 1.42. The van der Waals surface area contributed by atoms with Gasteiger partial charge in [0.15, 0.2) is 5.82 Å². The fraction of sp³-hybridized carbons (Fsp3) is 0.200. The van der Waals surface area contributed by atoms with E-state index in [2.05, 4.69) is 10.1 Å². The number of hydrogen-bond acceptors (Lipinski definition) is 5. The summed E-state index contributed by atoms with van der Waals surface area (Å²) in [5.74, 6) is 1.08. The van der Waals surface area contributed by atoms with Gasteiger partial charge in [-0.15, -0.1) is 0 Å². The molecular weight excluding hydrogens is 221 g/mol. The predicted octanol–water partition coefficient (Wildman–Crippen LogP) is -0.926. The van der Waals surface area contributed by atoms with Gasteiger partial charge in [-0.05, 0) is 6.07 Å². The van der Waals surface area contributed by atoms with Gasteiger partial charge in [-0.1, -0.05) is 18.2 Å². The molecule has 17 heavy (non-hydrogen) atoms. The van der Waals surface area contributed by atoms with Gasteiger partial charge in [0.05, 0.1) is 0 Å². The minimum Gasteiger partial charge on any atom is -0.486 e. The molecule has 7 heteroatoms. The number of nitrogens with zero attached hydrogens (tertiary/aromatic N) is 3. The van der Waals surface area contributed by atoms with Crippen LogP contribution in [0.15, 0.2) is 30.6 Å². The van der Waals surface area contributed by atoms with Crippen molar-refractivity contribution in [1.82, 2.24) is 14.8 Å². The van der Waals surface area contributed by atoms with Crippen LogP contribution < -0.4 is 10.2 Å². The quantitative estimate of drug-likeness (QED) is 0.667. The number of aryl methyl sites for hydroxylation is 1. The minimum atomic E-state index is -1.55. The summed E-state index contributed by atoms with van der Waals surface area (Å²) in [4.78, 5) is 4.01. The van der Waals surface area contributed by atoms with E-state index in [1.54, 1.807) is 36.0 Å². The molecule has 0 saturated carbocycles. The monoisotopic (exact) mass is 233 g/mol. The van der Waals surface area contributed by atoms with E-state index in [1.807, 2.05) is 0 Å². The fourth-order valence-corrected chi connectivity index (χ4v) is 1.42. The molecule has 2 N–H and O–H groups in total. The zero-order valence-corrected chi connectivity index (χ0v) is 9.32. The van der Waals surface area contributed by atoms with Crippen molar-refractivity contribution < 1.29 is 14.8 Å². The Bertz CT molecular complexity index is 501. The van der Waals surface area contributed by atoms with E-state index in [0.29, 0.717) is 17.0 Å². The van der Waals surface area contributed by atoms with Crippen LogP contribution in [0.3, 0.4) is 0 Å². The largest absolute Gasteiger partial charge is 0.492 e. The van der Waals surface area contributed by atoms with E-state index in [-0.39, 0.29) is 6.61 Å². The molecule has 1 aromatic carbocycles. The van der Waals surface area contributed by atoms with Gasteiger partial charge in [0, 0.05) is 12.5 Å². The summed E-state index contributed by atoms with van der Waals surface area (Å²) in [5.41, 5.74) is 0.328. The van der Waals surface area contributed by atoms with Crippen molar-refractivity contribution in [3.63, 3.8) is 0 Å². The molecule has 0 saturated heterocycles.